The molecule has 0 aliphatic rings. The maximum Gasteiger partial charge on any atom is 0.243 e. The predicted octanol–water partition coefficient (Wildman–Crippen LogP) is 3.93. The van der Waals surface area contributed by atoms with Crippen molar-refractivity contribution in [2.24, 2.45) is 0 Å². The van der Waals surface area contributed by atoms with Gasteiger partial charge in [-0.15, -0.1) is 0 Å². The molecule has 5 nitrogen and oxygen atoms in total. The summed E-state index contributed by atoms with van der Waals surface area (Å²) in [5.74, 6) is -0.352. The van der Waals surface area contributed by atoms with E-state index in [4.69, 9.17) is 0 Å². The Kier molecular flexibility index (Phi) is 5.53. The third-order valence-corrected chi connectivity index (χ3v) is 6.90. The molecule has 0 aliphatic heterocycles. The van der Waals surface area contributed by atoms with Crippen LogP contribution in [0.5, 0.6) is 0 Å². The van der Waals surface area contributed by atoms with Crippen molar-refractivity contribution >= 4 is 37.5 Å². The van der Waals surface area contributed by atoms with E-state index in [1.807, 2.05) is 66.7 Å². The van der Waals surface area contributed by atoms with Gasteiger partial charge in [0.2, 0.25) is 15.9 Å². The molecule has 4 rings (SSSR count). The van der Waals surface area contributed by atoms with E-state index >= 15 is 0 Å². The maximum atomic E-state index is 12.9. The molecule has 0 aliphatic carbocycles. The van der Waals surface area contributed by atoms with Gasteiger partial charge in [-0.05, 0) is 45.3 Å². The second-order valence-corrected chi connectivity index (χ2v) is 9.27. The average molecular weight is 419 g/mol. The fourth-order valence-electron chi connectivity index (χ4n) is 3.40. The number of fused-ring (bicyclic) bond motifs is 2. The largest absolute Gasteiger partial charge is 0.351 e. The number of benzene rings is 4. The average Bonchev–Trinajstić information content (AvgIpc) is 2.77. The fourth-order valence-corrected chi connectivity index (χ4v) is 4.56. The highest BCUT2D eigenvalue weighted by Gasteiger charge is 2.23. The van der Waals surface area contributed by atoms with Gasteiger partial charge in [-0.2, -0.15) is 4.31 Å². The number of nitrogens with zero attached hydrogens (tertiary/aromatic N) is 1. The van der Waals surface area contributed by atoms with Crippen LogP contribution >= 0.6 is 0 Å². The van der Waals surface area contributed by atoms with Crippen LogP contribution in [0.1, 0.15) is 5.56 Å². The van der Waals surface area contributed by atoms with E-state index in [1.165, 1.54) is 7.05 Å². The van der Waals surface area contributed by atoms with E-state index in [0.29, 0.717) is 6.54 Å². The molecule has 0 saturated carbocycles. The number of carbonyl (C=O) groups excluding carboxylic acids is 1. The minimum Gasteiger partial charge on any atom is -0.351 e. The number of rotatable bonds is 6. The van der Waals surface area contributed by atoms with Crippen molar-refractivity contribution in [1.82, 2.24) is 9.62 Å². The highest BCUT2D eigenvalue weighted by molar-refractivity contribution is 7.89. The minimum absolute atomic E-state index is 0.172. The molecule has 30 heavy (non-hydrogen) atoms. The number of likely N-dealkylation sites (N-methyl/N-ethyl adjacent to an activating group) is 1. The normalized spacial score (nSPS) is 11.8. The molecule has 0 radical (unpaired) electrons. The first-order valence-corrected chi connectivity index (χ1v) is 11.1. The number of nitrogens with one attached hydrogen (secondary N) is 1. The van der Waals surface area contributed by atoms with Crippen LogP contribution in [0.4, 0.5) is 0 Å². The lowest BCUT2D eigenvalue weighted by Gasteiger charge is -2.17. The van der Waals surface area contributed by atoms with Gasteiger partial charge in [0.1, 0.15) is 0 Å². The molecule has 0 heterocycles. The maximum absolute atomic E-state index is 12.9. The van der Waals surface area contributed by atoms with E-state index in [0.717, 1.165) is 31.4 Å². The molecule has 0 bridgehead atoms. The Morgan fingerprint density at radius 1 is 0.800 bits per heavy atom. The summed E-state index contributed by atoms with van der Waals surface area (Å²) in [6, 6.07) is 26.5. The molecule has 0 atom stereocenters. The zero-order valence-corrected chi connectivity index (χ0v) is 17.4. The van der Waals surface area contributed by atoms with Crippen molar-refractivity contribution in [1.29, 1.82) is 0 Å². The summed E-state index contributed by atoms with van der Waals surface area (Å²) in [5, 5.41) is 6.84. The van der Waals surface area contributed by atoms with Crippen molar-refractivity contribution in [3.8, 4) is 0 Å². The van der Waals surface area contributed by atoms with Crippen LogP contribution in [0.2, 0.25) is 0 Å². The Morgan fingerprint density at radius 3 is 2.03 bits per heavy atom. The summed E-state index contributed by atoms with van der Waals surface area (Å²) in [4.78, 5) is 12.5. The lowest BCUT2D eigenvalue weighted by Crippen LogP contribution is -2.38. The van der Waals surface area contributed by atoms with Crippen molar-refractivity contribution in [3.63, 3.8) is 0 Å². The number of hydrogen-bond acceptors (Lipinski definition) is 3. The fraction of sp³-hybridized carbons (Fsp3) is 0.125. The molecule has 0 aromatic heterocycles. The van der Waals surface area contributed by atoms with Gasteiger partial charge in [0, 0.05) is 13.6 Å². The van der Waals surface area contributed by atoms with E-state index in [-0.39, 0.29) is 17.3 Å². The molecule has 0 spiro atoms. The van der Waals surface area contributed by atoms with Crippen LogP contribution in [0.3, 0.4) is 0 Å². The first-order valence-electron chi connectivity index (χ1n) is 9.63. The Balaban J connectivity index is 1.42. The number of carbonyl (C=O) groups is 1. The third kappa shape index (κ3) is 4.20. The number of sulfonamides is 1. The van der Waals surface area contributed by atoms with E-state index in [9.17, 15) is 13.2 Å². The van der Waals surface area contributed by atoms with Crippen LogP contribution in [-0.2, 0) is 21.4 Å². The van der Waals surface area contributed by atoms with Gasteiger partial charge in [0.05, 0.1) is 11.4 Å². The van der Waals surface area contributed by atoms with Crippen LogP contribution in [0, 0.1) is 0 Å². The summed E-state index contributed by atoms with van der Waals surface area (Å²) >= 11 is 0. The Labute approximate surface area is 176 Å². The van der Waals surface area contributed by atoms with Crippen molar-refractivity contribution in [3.05, 3.63) is 90.5 Å². The van der Waals surface area contributed by atoms with Gasteiger partial charge < -0.3 is 5.32 Å². The zero-order valence-electron chi connectivity index (χ0n) is 16.6. The Hall–Kier alpha value is -3.22. The molecule has 4 aromatic carbocycles. The standard InChI is InChI=1S/C24H22N2O3S/c1-26(30(28,29)23-13-12-20-7-3-5-9-22(20)15-23)17-24(27)25-16-18-10-11-19-6-2-4-8-21(19)14-18/h2-15H,16-17H2,1H3,(H,25,27). The van der Waals surface area contributed by atoms with Crippen molar-refractivity contribution < 1.29 is 13.2 Å². The van der Waals surface area contributed by atoms with E-state index in [1.54, 1.807) is 18.2 Å². The Bertz CT molecular complexity index is 1330. The lowest BCUT2D eigenvalue weighted by molar-refractivity contribution is -0.121. The van der Waals surface area contributed by atoms with E-state index in [2.05, 4.69) is 5.32 Å². The molecule has 152 valence electrons. The SMILES string of the molecule is CN(CC(=O)NCc1ccc2ccccc2c1)S(=O)(=O)c1ccc2ccccc2c1. The monoisotopic (exact) mass is 418 g/mol. The van der Waals surface area contributed by atoms with Crippen LogP contribution < -0.4 is 5.32 Å². The van der Waals surface area contributed by atoms with Gasteiger partial charge in [0.25, 0.3) is 0 Å². The second kappa shape index (κ2) is 8.26. The molecule has 0 unspecified atom stereocenters. The van der Waals surface area contributed by atoms with Crippen molar-refractivity contribution in [2.75, 3.05) is 13.6 Å². The summed E-state index contributed by atoms with van der Waals surface area (Å²) < 4.78 is 26.8. The molecule has 4 aromatic rings. The van der Waals surface area contributed by atoms with Crippen molar-refractivity contribution in [2.45, 2.75) is 11.4 Å². The molecular formula is C24H22N2O3S. The molecular weight excluding hydrogens is 396 g/mol. The lowest BCUT2D eigenvalue weighted by atomic mass is 10.1. The topological polar surface area (TPSA) is 66.5 Å². The highest BCUT2D eigenvalue weighted by Crippen LogP contribution is 2.21. The van der Waals surface area contributed by atoms with Crippen LogP contribution in [-0.4, -0.2) is 32.2 Å². The third-order valence-electron chi connectivity index (χ3n) is 5.10. The Morgan fingerprint density at radius 2 is 1.37 bits per heavy atom. The first-order chi connectivity index (χ1) is 14.4. The van der Waals surface area contributed by atoms with Gasteiger partial charge in [-0.25, -0.2) is 8.42 Å². The zero-order chi connectivity index (χ0) is 21.1. The molecule has 0 fully saturated rings. The molecule has 1 N–H and O–H groups in total. The smallest absolute Gasteiger partial charge is 0.243 e. The predicted molar refractivity (Wildman–Crippen MR) is 120 cm³/mol. The van der Waals surface area contributed by atoms with Crippen LogP contribution in [0.15, 0.2) is 89.8 Å². The summed E-state index contributed by atoms with van der Waals surface area (Å²) in [7, 11) is -2.35. The minimum atomic E-state index is -3.76. The van der Waals surface area contributed by atoms with E-state index < -0.39 is 10.0 Å². The van der Waals surface area contributed by atoms with Gasteiger partial charge >= 0.3 is 0 Å². The molecule has 0 saturated heterocycles. The summed E-state index contributed by atoms with van der Waals surface area (Å²) in [5.41, 5.74) is 0.960. The van der Waals surface area contributed by atoms with Crippen LogP contribution in [0.25, 0.3) is 21.5 Å². The quantitative estimate of drug-likeness (QED) is 0.516. The second-order valence-electron chi connectivity index (χ2n) is 7.23. The summed E-state index contributed by atoms with van der Waals surface area (Å²) in [6.45, 7) is 0.0935. The van der Waals surface area contributed by atoms with Gasteiger partial charge in [0.15, 0.2) is 0 Å². The van der Waals surface area contributed by atoms with Gasteiger partial charge in [-0.3, -0.25) is 4.79 Å². The first kappa shape index (κ1) is 20.1. The number of amides is 1. The summed E-state index contributed by atoms with van der Waals surface area (Å²) in [6.07, 6.45) is 0. The molecule has 1 amide bonds. The van der Waals surface area contributed by atoms with Gasteiger partial charge in [-0.1, -0.05) is 66.7 Å². The molecule has 6 heteroatoms. The highest BCUT2D eigenvalue weighted by atomic mass is 32.2. The number of hydrogen-bond donors (Lipinski definition) is 1.